The fourth-order valence-electron chi connectivity index (χ4n) is 1.16. The average Bonchev–Trinajstić information content (AvgIpc) is 2.13. The normalized spacial score (nSPS) is 13.4. The molecule has 16 heavy (non-hydrogen) atoms. The van der Waals surface area contributed by atoms with Crippen LogP contribution in [0.4, 0.5) is 0 Å². The second-order valence-electron chi connectivity index (χ2n) is 4.80. The summed E-state index contributed by atoms with van der Waals surface area (Å²) < 4.78 is 24.0. The standard InChI is InChI=1S/C11H25NO2S2/c1-6-7-10-15-11(2,3)8-9-12(4)16(5,13)14/h6-10H2,1-5H3. The van der Waals surface area contributed by atoms with Crippen LogP contribution >= 0.6 is 11.8 Å². The van der Waals surface area contributed by atoms with Gasteiger partial charge in [0.25, 0.3) is 0 Å². The van der Waals surface area contributed by atoms with Gasteiger partial charge in [-0.2, -0.15) is 11.8 Å². The lowest BCUT2D eigenvalue weighted by Gasteiger charge is -2.26. The van der Waals surface area contributed by atoms with E-state index in [1.165, 1.54) is 23.4 Å². The van der Waals surface area contributed by atoms with Crippen LogP contribution in [0.25, 0.3) is 0 Å². The first kappa shape index (κ1) is 16.3. The molecule has 0 spiro atoms. The summed E-state index contributed by atoms with van der Waals surface area (Å²) in [4.78, 5) is 0. The summed E-state index contributed by atoms with van der Waals surface area (Å²) in [5, 5.41) is 0. The van der Waals surface area contributed by atoms with E-state index in [4.69, 9.17) is 0 Å². The molecule has 0 bridgehead atoms. The molecule has 0 aliphatic carbocycles. The Balaban J connectivity index is 3.98. The Morgan fingerprint density at radius 2 is 1.88 bits per heavy atom. The van der Waals surface area contributed by atoms with Gasteiger partial charge in [-0.15, -0.1) is 0 Å². The van der Waals surface area contributed by atoms with Gasteiger partial charge in [0.05, 0.1) is 6.26 Å². The second-order valence-corrected chi connectivity index (χ2v) is 8.69. The maximum atomic E-state index is 11.2. The maximum absolute atomic E-state index is 11.2. The van der Waals surface area contributed by atoms with Crippen LogP contribution in [-0.2, 0) is 10.0 Å². The van der Waals surface area contributed by atoms with Gasteiger partial charge in [0, 0.05) is 18.3 Å². The second kappa shape index (κ2) is 6.87. The summed E-state index contributed by atoms with van der Waals surface area (Å²) in [5.41, 5.74) is 0. The predicted molar refractivity (Wildman–Crippen MR) is 73.5 cm³/mol. The Morgan fingerprint density at radius 1 is 1.31 bits per heavy atom. The van der Waals surface area contributed by atoms with Crippen molar-refractivity contribution in [2.45, 2.75) is 44.8 Å². The molecule has 0 radical (unpaired) electrons. The number of unbranched alkanes of at least 4 members (excludes halogenated alkanes) is 1. The number of sulfonamides is 1. The molecular weight excluding hydrogens is 242 g/mol. The summed E-state index contributed by atoms with van der Waals surface area (Å²) in [6.45, 7) is 7.16. The van der Waals surface area contributed by atoms with E-state index in [1.54, 1.807) is 7.05 Å². The molecule has 0 aliphatic rings. The van der Waals surface area contributed by atoms with Crippen LogP contribution in [-0.4, -0.2) is 43.1 Å². The largest absolute Gasteiger partial charge is 0.213 e. The van der Waals surface area contributed by atoms with Crippen molar-refractivity contribution >= 4 is 21.8 Å². The molecule has 0 rings (SSSR count). The van der Waals surface area contributed by atoms with Gasteiger partial charge in [-0.25, -0.2) is 12.7 Å². The minimum Gasteiger partial charge on any atom is -0.213 e. The summed E-state index contributed by atoms with van der Waals surface area (Å²) in [6, 6.07) is 0. The highest BCUT2D eigenvalue weighted by atomic mass is 32.2. The van der Waals surface area contributed by atoms with Crippen molar-refractivity contribution < 1.29 is 8.42 Å². The van der Waals surface area contributed by atoms with Crippen LogP contribution < -0.4 is 0 Å². The van der Waals surface area contributed by atoms with Crippen LogP contribution in [0, 0.1) is 0 Å². The van der Waals surface area contributed by atoms with Crippen molar-refractivity contribution in [3.63, 3.8) is 0 Å². The van der Waals surface area contributed by atoms with Gasteiger partial charge < -0.3 is 0 Å². The molecule has 0 aliphatic heterocycles. The first-order chi connectivity index (χ1) is 7.19. The SMILES string of the molecule is CCCCSC(C)(C)CCN(C)S(C)(=O)=O. The van der Waals surface area contributed by atoms with Gasteiger partial charge in [0.2, 0.25) is 10.0 Å². The highest BCUT2D eigenvalue weighted by Gasteiger charge is 2.20. The Labute approximate surface area is 105 Å². The quantitative estimate of drug-likeness (QED) is 0.634. The zero-order valence-corrected chi connectivity index (χ0v) is 12.7. The number of hydrogen-bond donors (Lipinski definition) is 0. The van der Waals surface area contributed by atoms with Gasteiger partial charge in [0.1, 0.15) is 0 Å². The maximum Gasteiger partial charge on any atom is 0.210 e. The molecule has 0 aromatic carbocycles. The third-order valence-electron chi connectivity index (χ3n) is 2.59. The van der Waals surface area contributed by atoms with Gasteiger partial charge in [-0.1, -0.05) is 27.2 Å². The van der Waals surface area contributed by atoms with Crippen molar-refractivity contribution in [2.24, 2.45) is 0 Å². The van der Waals surface area contributed by atoms with Crippen molar-refractivity contribution in [1.82, 2.24) is 4.31 Å². The molecule has 0 N–H and O–H groups in total. The summed E-state index contributed by atoms with van der Waals surface area (Å²) in [6.07, 6.45) is 4.59. The number of nitrogens with zero attached hydrogens (tertiary/aromatic N) is 1. The minimum absolute atomic E-state index is 0.161. The third kappa shape index (κ3) is 7.52. The zero-order chi connectivity index (χ0) is 12.8. The summed E-state index contributed by atoms with van der Waals surface area (Å²) in [7, 11) is -1.39. The van der Waals surface area contributed by atoms with Crippen molar-refractivity contribution in [3.8, 4) is 0 Å². The van der Waals surface area contributed by atoms with Crippen molar-refractivity contribution in [1.29, 1.82) is 0 Å². The van der Waals surface area contributed by atoms with Crippen molar-refractivity contribution in [3.05, 3.63) is 0 Å². The first-order valence-electron chi connectivity index (χ1n) is 5.74. The predicted octanol–water partition coefficient (Wildman–Crippen LogP) is 2.58. The Morgan fingerprint density at radius 3 is 2.31 bits per heavy atom. The molecule has 0 fully saturated rings. The average molecular weight is 267 g/mol. The smallest absolute Gasteiger partial charge is 0.210 e. The number of rotatable bonds is 8. The van der Waals surface area contributed by atoms with Crippen LogP contribution in [0.5, 0.6) is 0 Å². The van der Waals surface area contributed by atoms with Crippen molar-refractivity contribution in [2.75, 3.05) is 25.6 Å². The molecule has 0 atom stereocenters. The van der Waals surface area contributed by atoms with Gasteiger partial charge in [-0.05, 0) is 18.6 Å². The van der Waals surface area contributed by atoms with Crippen LogP contribution in [0.2, 0.25) is 0 Å². The Kier molecular flexibility index (Phi) is 6.98. The lowest BCUT2D eigenvalue weighted by atomic mass is 10.1. The van der Waals surface area contributed by atoms with Crippen LogP contribution in [0.1, 0.15) is 40.0 Å². The molecule has 0 saturated heterocycles. The molecule has 5 heteroatoms. The summed E-state index contributed by atoms with van der Waals surface area (Å²) in [5.74, 6) is 1.16. The van der Waals surface area contributed by atoms with E-state index in [1.807, 2.05) is 11.8 Å². The molecule has 0 amide bonds. The Hall–Kier alpha value is 0.260. The van der Waals surface area contributed by atoms with E-state index in [2.05, 4.69) is 20.8 Å². The van der Waals surface area contributed by atoms with Gasteiger partial charge >= 0.3 is 0 Å². The van der Waals surface area contributed by atoms with E-state index in [0.717, 1.165) is 12.2 Å². The van der Waals surface area contributed by atoms with E-state index in [9.17, 15) is 8.42 Å². The highest BCUT2D eigenvalue weighted by molar-refractivity contribution is 8.00. The minimum atomic E-state index is -3.03. The summed E-state index contributed by atoms with van der Waals surface area (Å²) >= 11 is 1.93. The lowest BCUT2D eigenvalue weighted by molar-refractivity contribution is 0.445. The molecular formula is C11H25NO2S2. The van der Waals surface area contributed by atoms with E-state index >= 15 is 0 Å². The van der Waals surface area contributed by atoms with Gasteiger partial charge in [-0.3, -0.25) is 0 Å². The first-order valence-corrected chi connectivity index (χ1v) is 8.57. The molecule has 98 valence electrons. The van der Waals surface area contributed by atoms with Crippen LogP contribution in [0.3, 0.4) is 0 Å². The van der Waals surface area contributed by atoms with E-state index in [0.29, 0.717) is 6.54 Å². The lowest BCUT2D eigenvalue weighted by Crippen LogP contribution is -2.31. The topological polar surface area (TPSA) is 37.4 Å². The molecule has 0 aromatic rings. The monoisotopic (exact) mass is 267 g/mol. The van der Waals surface area contributed by atoms with E-state index in [-0.39, 0.29) is 4.75 Å². The molecule has 0 aromatic heterocycles. The molecule has 3 nitrogen and oxygen atoms in total. The van der Waals surface area contributed by atoms with Crippen LogP contribution in [0.15, 0.2) is 0 Å². The van der Waals surface area contributed by atoms with Gasteiger partial charge in [0.15, 0.2) is 0 Å². The molecule has 0 saturated carbocycles. The zero-order valence-electron chi connectivity index (χ0n) is 11.1. The Bertz CT molecular complexity index is 286. The third-order valence-corrected chi connectivity index (χ3v) is 5.38. The molecule has 0 heterocycles. The fraction of sp³-hybridized carbons (Fsp3) is 1.00. The fourth-order valence-corrected chi connectivity index (χ4v) is 2.80. The molecule has 0 unspecified atom stereocenters. The van der Waals surface area contributed by atoms with E-state index < -0.39 is 10.0 Å². The number of thioether (sulfide) groups is 1. The highest BCUT2D eigenvalue weighted by Crippen LogP contribution is 2.29. The number of hydrogen-bond acceptors (Lipinski definition) is 3.